The fourth-order valence-electron chi connectivity index (χ4n) is 6.90. The van der Waals surface area contributed by atoms with E-state index in [9.17, 15) is 19.1 Å². The zero-order valence-electron chi connectivity index (χ0n) is 21.9. The van der Waals surface area contributed by atoms with Crippen LogP contribution in [0.1, 0.15) is 60.5 Å². The van der Waals surface area contributed by atoms with Crippen LogP contribution >= 0.6 is 0 Å². The summed E-state index contributed by atoms with van der Waals surface area (Å²) >= 11 is 0. The van der Waals surface area contributed by atoms with Crippen molar-refractivity contribution in [3.8, 4) is 0 Å². The van der Waals surface area contributed by atoms with Gasteiger partial charge < -0.3 is 10.4 Å². The molecule has 2 aliphatic rings. The van der Waals surface area contributed by atoms with Crippen molar-refractivity contribution in [2.45, 2.75) is 62.2 Å². The number of aromatic amines is 1. The largest absolute Gasteiger partial charge is 0.465 e. The van der Waals surface area contributed by atoms with E-state index in [1.54, 1.807) is 36.1 Å². The zero-order chi connectivity index (χ0) is 28.0. The molecule has 1 amide bonds. The van der Waals surface area contributed by atoms with Crippen molar-refractivity contribution < 1.29 is 18.7 Å². The molecule has 1 aromatic carbocycles. The number of nitrogens with one attached hydrogen (secondary N) is 2. The number of carbonyl (C=O) groups is 1. The summed E-state index contributed by atoms with van der Waals surface area (Å²) in [6.45, 7) is 0. The van der Waals surface area contributed by atoms with E-state index in [4.69, 9.17) is 4.98 Å². The van der Waals surface area contributed by atoms with E-state index in [1.807, 2.05) is 12.1 Å². The average molecular weight is 549 g/mol. The van der Waals surface area contributed by atoms with Crippen LogP contribution in [0.3, 0.4) is 0 Å². The molecule has 3 N–H and O–H groups in total. The summed E-state index contributed by atoms with van der Waals surface area (Å²) in [5.74, 6) is -2.47. The molecule has 4 unspecified atom stereocenters. The maximum atomic E-state index is 15.5. The third kappa shape index (κ3) is 4.25. The zero-order valence-corrected chi connectivity index (χ0v) is 21.9. The summed E-state index contributed by atoms with van der Waals surface area (Å²) in [5.41, 5.74) is 2.35. The van der Waals surface area contributed by atoms with E-state index in [-0.39, 0.29) is 17.9 Å². The second-order valence-corrected chi connectivity index (χ2v) is 10.5. The molecule has 4 heterocycles. The maximum absolute atomic E-state index is 15.5. The van der Waals surface area contributed by atoms with E-state index in [0.717, 1.165) is 36.6 Å². The van der Waals surface area contributed by atoms with Gasteiger partial charge in [0.15, 0.2) is 17.3 Å². The first-order valence-corrected chi connectivity index (χ1v) is 13.5. The number of aromatic nitrogens is 4. The summed E-state index contributed by atoms with van der Waals surface area (Å²) in [4.78, 5) is 39.5. The van der Waals surface area contributed by atoms with E-state index < -0.39 is 47.6 Å². The van der Waals surface area contributed by atoms with E-state index in [0.29, 0.717) is 17.6 Å². The highest BCUT2D eigenvalue weighted by Gasteiger charge is 2.51. The number of likely N-dealkylation sites (N-methyl/N-ethyl adjacent to an activating group) is 1. The third-order valence-corrected chi connectivity index (χ3v) is 8.52. The molecule has 1 aliphatic carbocycles. The quantitative estimate of drug-likeness (QED) is 0.323. The van der Waals surface area contributed by atoms with Crippen LogP contribution in [0, 0.1) is 11.6 Å². The van der Waals surface area contributed by atoms with Crippen molar-refractivity contribution in [1.29, 1.82) is 0 Å². The number of amides is 1. The molecule has 0 radical (unpaired) electrons. The lowest BCUT2D eigenvalue weighted by Gasteiger charge is -2.51. The van der Waals surface area contributed by atoms with Gasteiger partial charge in [0.2, 0.25) is 0 Å². The Kier molecular flexibility index (Phi) is 6.83. The number of nitrogens with zero attached hydrogens (tertiary/aromatic N) is 4. The molecule has 9 nitrogen and oxygen atoms in total. The molecule has 11 heteroatoms. The summed E-state index contributed by atoms with van der Waals surface area (Å²) in [6.07, 6.45) is 5.61. The van der Waals surface area contributed by atoms with Gasteiger partial charge in [-0.3, -0.25) is 19.4 Å². The molecule has 0 spiro atoms. The smallest absolute Gasteiger partial charge is 0.408 e. The molecule has 40 heavy (non-hydrogen) atoms. The van der Waals surface area contributed by atoms with Crippen molar-refractivity contribution in [2.24, 2.45) is 0 Å². The maximum Gasteiger partial charge on any atom is 0.408 e. The van der Waals surface area contributed by atoms with Crippen molar-refractivity contribution in [3.05, 3.63) is 93.8 Å². The van der Waals surface area contributed by atoms with Crippen molar-refractivity contribution in [2.75, 3.05) is 7.05 Å². The first kappa shape index (κ1) is 26.1. The summed E-state index contributed by atoms with van der Waals surface area (Å²) in [5, 5.41) is 13.8. The van der Waals surface area contributed by atoms with E-state index >= 15 is 4.39 Å². The third-order valence-electron chi connectivity index (χ3n) is 8.52. The molecule has 0 saturated carbocycles. The molecule has 6 rings (SSSR count). The van der Waals surface area contributed by atoms with Gasteiger partial charge in [0.05, 0.1) is 23.6 Å². The predicted octanol–water partition coefficient (Wildman–Crippen LogP) is 4.53. The Bertz CT molecular complexity index is 1620. The number of fused-ring (bicyclic) bond motifs is 2. The molecule has 5 atom stereocenters. The topological polar surface area (TPSA) is 116 Å². The number of H-pyrrole nitrogens is 1. The highest BCUT2D eigenvalue weighted by molar-refractivity contribution is 5.71. The molecule has 1 saturated heterocycles. The monoisotopic (exact) mass is 548 g/mol. The number of likely N-dealkylation sites (tertiary alicyclic amines) is 1. The van der Waals surface area contributed by atoms with Gasteiger partial charge in [0.25, 0.3) is 0 Å². The minimum atomic E-state index is -1.24. The van der Waals surface area contributed by atoms with Crippen LogP contribution in [0.2, 0.25) is 0 Å². The minimum absolute atomic E-state index is 0.0858. The number of halogens is 2. The first-order chi connectivity index (χ1) is 19.4. The van der Waals surface area contributed by atoms with Gasteiger partial charge in [-0.15, -0.1) is 0 Å². The Morgan fingerprint density at radius 3 is 2.67 bits per heavy atom. The molecule has 3 aromatic heterocycles. The molecule has 0 bridgehead atoms. The van der Waals surface area contributed by atoms with Crippen LogP contribution in [0.4, 0.5) is 13.6 Å². The number of hydrogen-bond donors (Lipinski definition) is 3. The molecule has 1 aliphatic heterocycles. The van der Waals surface area contributed by atoms with Crippen LogP contribution in [0.15, 0.2) is 59.7 Å². The van der Waals surface area contributed by atoms with Gasteiger partial charge in [0, 0.05) is 35.6 Å². The van der Waals surface area contributed by atoms with Crippen LogP contribution in [0.25, 0.3) is 11.2 Å². The standard InChI is InChI=1S/C29H30F2N6O3/c1-32-25-22(36-20-12-6-14-34-27(20)35-28(36)38)15-21(17-9-3-2-7-16-8-5-13-33-24(16)17)37(29(39)40)26(25)18-10-4-11-19(30)23(18)31/h4-6,8,10-14,17,21-22,25-26,32H,2-3,7,9,15H2,1H3,(H,39,40)(H,34,35,38)/t17?,21?,22?,25?,26-/m0/s1. The predicted molar refractivity (Wildman–Crippen MR) is 144 cm³/mol. The lowest BCUT2D eigenvalue weighted by atomic mass is 9.76. The van der Waals surface area contributed by atoms with Gasteiger partial charge >= 0.3 is 11.8 Å². The lowest BCUT2D eigenvalue weighted by molar-refractivity contribution is 0.0173. The molecule has 4 aromatic rings. The SMILES string of the molecule is CNC1C(n2c(=O)[nH]c3ncccc32)CC(C2CCCCc3cccnc32)N(C(=O)O)[C@H]1c1cccc(F)c1F. The Hall–Kier alpha value is -4.12. The number of imidazole rings is 1. The number of hydrogen-bond acceptors (Lipinski definition) is 5. The Labute approximate surface area is 228 Å². The van der Waals surface area contributed by atoms with E-state index in [1.165, 1.54) is 17.0 Å². The number of carboxylic acid groups (broad SMARTS) is 1. The van der Waals surface area contributed by atoms with Gasteiger partial charge in [-0.2, -0.15) is 0 Å². The minimum Gasteiger partial charge on any atom is -0.465 e. The highest BCUT2D eigenvalue weighted by atomic mass is 19.2. The number of pyridine rings is 2. The van der Waals surface area contributed by atoms with Crippen molar-refractivity contribution >= 4 is 17.3 Å². The van der Waals surface area contributed by atoms with Crippen LogP contribution < -0.4 is 11.0 Å². The number of aryl methyl sites for hydroxylation is 1. The average Bonchev–Trinajstić information content (AvgIpc) is 3.14. The van der Waals surface area contributed by atoms with Crippen LogP contribution in [-0.2, 0) is 6.42 Å². The van der Waals surface area contributed by atoms with Crippen LogP contribution in [0.5, 0.6) is 0 Å². The number of piperidine rings is 1. The fraction of sp³-hybridized carbons (Fsp3) is 0.379. The van der Waals surface area contributed by atoms with Crippen LogP contribution in [-0.4, -0.2) is 54.8 Å². The van der Waals surface area contributed by atoms with Gasteiger partial charge in [0.1, 0.15) is 0 Å². The summed E-state index contributed by atoms with van der Waals surface area (Å²) < 4.78 is 31.7. The number of rotatable bonds is 4. The van der Waals surface area contributed by atoms with Gasteiger partial charge in [-0.1, -0.05) is 24.6 Å². The summed E-state index contributed by atoms with van der Waals surface area (Å²) in [7, 11) is 1.64. The number of benzene rings is 1. The molecule has 208 valence electrons. The van der Waals surface area contributed by atoms with E-state index in [2.05, 4.69) is 15.3 Å². The highest BCUT2D eigenvalue weighted by Crippen LogP contribution is 2.47. The Morgan fingerprint density at radius 2 is 1.88 bits per heavy atom. The molecular formula is C29H30F2N6O3. The first-order valence-electron chi connectivity index (χ1n) is 13.5. The van der Waals surface area contributed by atoms with Crippen molar-refractivity contribution in [1.82, 2.24) is 29.7 Å². The summed E-state index contributed by atoms with van der Waals surface area (Å²) in [6, 6.07) is 8.01. The molecule has 1 fully saturated rings. The Morgan fingerprint density at radius 1 is 1.07 bits per heavy atom. The Balaban J connectivity index is 1.60. The second-order valence-electron chi connectivity index (χ2n) is 10.5. The molecular weight excluding hydrogens is 518 g/mol. The van der Waals surface area contributed by atoms with Crippen molar-refractivity contribution in [3.63, 3.8) is 0 Å². The van der Waals surface area contributed by atoms with Gasteiger partial charge in [-0.25, -0.2) is 23.4 Å². The normalized spacial score (nSPS) is 25.0. The second kappa shape index (κ2) is 10.5. The lowest BCUT2D eigenvalue weighted by Crippen LogP contribution is -2.60. The van der Waals surface area contributed by atoms with Gasteiger partial charge in [-0.05, 0) is 62.6 Å². The fourth-order valence-corrected chi connectivity index (χ4v) is 6.90.